The van der Waals surface area contributed by atoms with Gasteiger partial charge in [0.05, 0.1) is 18.6 Å². The third-order valence-electron chi connectivity index (χ3n) is 4.06. The number of halogens is 6. The van der Waals surface area contributed by atoms with Crippen LogP contribution in [-0.2, 0) is 30.2 Å². The van der Waals surface area contributed by atoms with Gasteiger partial charge >= 0.3 is 24.5 Å². The van der Waals surface area contributed by atoms with Crippen LogP contribution in [0.25, 0.3) is 6.08 Å². The van der Waals surface area contributed by atoms with E-state index in [1.54, 1.807) is 0 Å². The molecule has 0 fully saturated rings. The first-order valence-corrected chi connectivity index (χ1v) is 9.05. The van der Waals surface area contributed by atoms with Crippen LogP contribution in [0.4, 0.5) is 26.3 Å². The van der Waals surface area contributed by atoms with Gasteiger partial charge in [0.1, 0.15) is 11.5 Å². The van der Waals surface area contributed by atoms with Crippen LogP contribution in [0.2, 0.25) is 0 Å². The monoisotopic (exact) mass is 472 g/mol. The number of aryl methyl sites for hydroxylation is 1. The van der Waals surface area contributed by atoms with Crippen molar-refractivity contribution in [2.75, 3.05) is 20.5 Å². The fourth-order valence-corrected chi connectivity index (χ4v) is 2.71. The van der Waals surface area contributed by atoms with Crippen molar-refractivity contribution in [1.29, 1.82) is 0 Å². The number of carbonyl (C=O) groups is 2. The van der Waals surface area contributed by atoms with Gasteiger partial charge in [-0.3, -0.25) is 4.79 Å². The normalized spacial score (nSPS) is 15.9. The lowest BCUT2D eigenvalue weighted by Gasteiger charge is -2.29. The van der Waals surface area contributed by atoms with Crippen LogP contribution in [0.3, 0.4) is 0 Å². The minimum atomic E-state index is -5.05. The smallest absolute Gasteiger partial charge is 0.475 e. The van der Waals surface area contributed by atoms with Gasteiger partial charge in [0, 0.05) is 12.7 Å². The average molecular weight is 472 g/mol. The van der Waals surface area contributed by atoms with Gasteiger partial charge in [-0.05, 0) is 30.2 Å². The summed E-state index contributed by atoms with van der Waals surface area (Å²) in [5.41, 5.74) is -1.27. The highest BCUT2D eigenvalue weighted by Crippen LogP contribution is 2.42. The van der Waals surface area contributed by atoms with E-state index in [1.165, 1.54) is 14.0 Å². The zero-order chi connectivity index (χ0) is 24.1. The molecule has 0 unspecified atom stereocenters. The molecule has 13 heteroatoms. The molecule has 1 atom stereocenters. The van der Waals surface area contributed by atoms with Crippen molar-refractivity contribution in [2.24, 2.45) is 0 Å². The van der Waals surface area contributed by atoms with Crippen LogP contribution in [0.1, 0.15) is 24.5 Å². The molecule has 1 aliphatic heterocycles. The van der Waals surface area contributed by atoms with Crippen molar-refractivity contribution in [1.82, 2.24) is 0 Å². The van der Waals surface area contributed by atoms with E-state index in [-0.39, 0.29) is 36.3 Å². The first kappa shape index (κ1) is 25.3. The Morgan fingerprint density at radius 3 is 2.34 bits per heavy atom. The third-order valence-corrected chi connectivity index (χ3v) is 4.06. The predicted molar refractivity (Wildman–Crippen MR) is 94.5 cm³/mol. The van der Waals surface area contributed by atoms with E-state index in [0.717, 1.165) is 12.1 Å². The summed E-state index contributed by atoms with van der Waals surface area (Å²) in [6.07, 6.45) is -12.3. The molecule has 7 nitrogen and oxygen atoms in total. The van der Waals surface area contributed by atoms with E-state index in [1.807, 2.05) is 0 Å². The summed E-state index contributed by atoms with van der Waals surface area (Å²) < 4.78 is 101. The van der Waals surface area contributed by atoms with Crippen molar-refractivity contribution in [3.63, 3.8) is 0 Å². The molecule has 1 aromatic rings. The summed E-state index contributed by atoms with van der Waals surface area (Å²) >= 11 is 0. The van der Waals surface area contributed by atoms with E-state index in [4.69, 9.17) is 4.74 Å². The second-order valence-corrected chi connectivity index (χ2v) is 6.35. The molecule has 0 saturated carbocycles. The summed E-state index contributed by atoms with van der Waals surface area (Å²) in [4.78, 5) is 23.6. The van der Waals surface area contributed by atoms with Crippen LogP contribution in [-0.4, -0.2) is 51.1 Å². The van der Waals surface area contributed by atoms with Crippen LogP contribution in [0, 0.1) is 0 Å². The number of carbonyl (C=O) groups excluding carboxylic acids is 2. The molecule has 1 aromatic carbocycles. The molecule has 0 bridgehead atoms. The van der Waals surface area contributed by atoms with Crippen molar-refractivity contribution >= 4 is 18.0 Å². The maximum absolute atomic E-state index is 13.5. The lowest BCUT2D eigenvalue weighted by Crippen LogP contribution is -2.41. The summed E-state index contributed by atoms with van der Waals surface area (Å²) in [6, 6.07) is 1.68. The number of rotatable bonds is 8. The number of ether oxygens (including phenoxy) is 5. The van der Waals surface area contributed by atoms with E-state index < -0.39 is 48.7 Å². The molecule has 178 valence electrons. The van der Waals surface area contributed by atoms with E-state index >= 15 is 0 Å². The Balaban J connectivity index is 2.33. The average Bonchev–Trinajstić information content (AvgIpc) is 2.68. The number of alkyl halides is 6. The van der Waals surface area contributed by atoms with Gasteiger partial charge < -0.3 is 23.7 Å². The molecular formula is C19H18F6O7. The lowest BCUT2D eigenvalue weighted by atomic mass is 9.97. The van der Waals surface area contributed by atoms with Crippen LogP contribution in [0.15, 0.2) is 17.7 Å². The molecule has 0 aromatic heterocycles. The Kier molecular flexibility index (Phi) is 7.99. The summed E-state index contributed by atoms with van der Waals surface area (Å²) in [6.45, 7) is 0.527. The van der Waals surface area contributed by atoms with Gasteiger partial charge in [-0.2, -0.15) is 13.2 Å². The van der Waals surface area contributed by atoms with Gasteiger partial charge in [0.2, 0.25) is 12.9 Å². The molecule has 0 N–H and O–H groups in total. The summed E-state index contributed by atoms with van der Waals surface area (Å²) in [5.74, 6) is -3.39. The molecule has 0 radical (unpaired) electrons. The van der Waals surface area contributed by atoms with E-state index in [9.17, 15) is 35.9 Å². The zero-order valence-corrected chi connectivity index (χ0v) is 16.8. The first-order chi connectivity index (χ1) is 14.9. The van der Waals surface area contributed by atoms with E-state index in [0.29, 0.717) is 6.08 Å². The largest absolute Gasteiger partial charge is 0.573 e. The lowest BCUT2D eigenvalue weighted by molar-refractivity contribution is -0.274. The molecule has 1 aliphatic rings. The molecule has 2 rings (SSSR count). The molecular weight excluding hydrogens is 454 g/mol. The van der Waals surface area contributed by atoms with Gasteiger partial charge in [0.25, 0.3) is 0 Å². The first-order valence-electron chi connectivity index (χ1n) is 9.05. The van der Waals surface area contributed by atoms with Crippen LogP contribution in [0.5, 0.6) is 11.5 Å². The standard InChI is InChI=1S/C19H18F6O7/c1-3-10-6-12(32-19(23,24)25)7-11-8-13(16(18(20,21)22)31-15(10)11)17(27)30-9-29-14(26)4-5-28-2/h6-8,16H,3-5,9H2,1-2H3/t16-/m0/s1. The topological polar surface area (TPSA) is 80.3 Å². The van der Waals surface area contributed by atoms with Gasteiger partial charge in [-0.1, -0.05) is 6.92 Å². The zero-order valence-electron chi connectivity index (χ0n) is 16.8. The molecule has 0 saturated heterocycles. The van der Waals surface area contributed by atoms with Crippen molar-refractivity contribution in [3.8, 4) is 11.5 Å². The molecule has 0 spiro atoms. The van der Waals surface area contributed by atoms with Crippen molar-refractivity contribution in [3.05, 3.63) is 28.8 Å². The molecule has 0 amide bonds. The number of hydrogen-bond acceptors (Lipinski definition) is 7. The number of fused-ring (bicyclic) bond motifs is 1. The van der Waals surface area contributed by atoms with Crippen LogP contribution >= 0.6 is 0 Å². The van der Waals surface area contributed by atoms with Crippen molar-refractivity contribution < 1.29 is 59.6 Å². The number of esters is 2. The fourth-order valence-electron chi connectivity index (χ4n) is 2.71. The number of benzene rings is 1. The number of hydrogen-bond donors (Lipinski definition) is 0. The van der Waals surface area contributed by atoms with E-state index in [2.05, 4.69) is 18.9 Å². The second-order valence-electron chi connectivity index (χ2n) is 6.35. The summed E-state index contributed by atoms with van der Waals surface area (Å²) in [7, 11) is 1.33. The minimum Gasteiger partial charge on any atom is -0.475 e. The Bertz CT molecular complexity index is 876. The Morgan fingerprint density at radius 1 is 1.09 bits per heavy atom. The van der Waals surface area contributed by atoms with Crippen LogP contribution < -0.4 is 9.47 Å². The highest BCUT2D eigenvalue weighted by molar-refractivity contribution is 5.96. The van der Waals surface area contributed by atoms with Gasteiger partial charge in [-0.15, -0.1) is 13.2 Å². The minimum absolute atomic E-state index is 0.00624. The molecule has 0 aliphatic carbocycles. The maximum Gasteiger partial charge on any atom is 0.573 e. The molecule has 1 heterocycles. The molecule has 32 heavy (non-hydrogen) atoms. The second kappa shape index (κ2) is 10.1. The Labute approximate surface area is 177 Å². The third kappa shape index (κ3) is 6.77. The predicted octanol–water partition coefficient (Wildman–Crippen LogP) is 3.93. The maximum atomic E-state index is 13.5. The SMILES string of the molecule is CCc1cc(OC(F)(F)F)cc2c1O[C@H](C(F)(F)F)C(C(=O)OCOC(=O)CCOC)=C2. The highest BCUT2D eigenvalue weighted by Gasteiger charge is 2.49. The van der Waals surface area contributed by atoms with Gasteiger partial charge in [0.15, 0.2) is 0 Å². The Hall–Kier alpha value is -2.96. The fraction of sp³-hybridized carbons (Fsp3) is 0.474. The van der Waals surface area contributed by atoms with Crippen molar-refractivity contribution in [2.45, 2.75) is 38.4 Å². The summed E-state index contributed by atoms with van der Waals surface area (Å²) in [5, 5.41) is 0. The van der Waals surface area contributed by atoms with Gasteiger partial charge in [-0.25, -0.2) is 4.79 Å². The quantitative estimate of drug-likeness (QED) is 0.322. The number of methoxy groups -OCH3 is 1. The Morgan fingerprint density at radius 2 is 1.78 bits per heavy atom. The highest BCUT2D eigenvalue weighted by atomic mass is 19.4.